The first kappa shape index (κ1) is 14.2. The lowest BCUT2D eigenvalue weighted by Gasteiger charge is -2.28. The van der Waals surface area contributed by atoms with Crippen molar-refractivity contribution in [1.82, 2.24) is 4.90 Å². The molecule has 0 aromatic heterocycles. The number of aliphatic carboxylic acids is 1. The lowest BCUT2D eigenvalue weighted by molar-refractivity contribution is -0.153. The number of carboxylic acids is 1. The number of hydrogen-bond donors (Lipinski definition) is 2. The van der Waals surface area contributed by atoms with Crippen LogP contribution in [0.4, 0.5) is 13.2 Å². The molecular formula is C8H15F3N2O2. The minimum absolute atomic E-state index is 0.313. The van der Waals surface area contributed by atoms with Crippen LogP contribution in [0.1, 0.15) is 13.8 Å². The summed E-state index contributed by atoms with van der Waals surface area (Å²) in [6.07, 6.45) is -4.34. The van der Waals surface area contributed by atoms with E-state index in [2.05, 4.69) is 0 Å². The largest absolute Gasteiger partial charge is 0.480 e. The molecule has 15 heavy (non-hydrogen) atoms. The highest BCUT2D eigenvalue weighted by atomic mass is 19.4. The summed E-state index contributed by atoms with van der Waals surface area (Å²) in [5.74, 6) is -1.30. The average molecular weight is 228 g/mol. The highest BCUT2D eigenvalue weighted by Crippen LogP contribution is 2.17. The first-order chi connectivity index (χ1) is 6.63. The zero-order valence-electron chi connectivity index (χ0n) is 8.58. The van der Waals surface area contributed by atoms with Crippen molar-refractivity contribution in [2.24, 2.45) is 5.73 Å². The fourth-order valence-electron chi connectivity index (χ4n) is 1.02. The third-order valence-electron chi connectivity index (χ3n) is 1.86. The zero-order valence-corrected chi connectivity index (χ0v) is 8.58. The summed E-state index contributed by atoms with van der Waals surface area (Å²) < 4.78 is 36.3. The van der Waals surface area contributed by atoms with E-state index in [0.717, 1.165) is 4.90 Å². The van der Waals surface area contributed by atoms with E-state index in [1.54, 1.807) is 13.8 Å². The van der Waals surface area contributed by atoms with Crippen LogP contribution in [0.15, 0.2) is 0 Å². The zero-order chi connectivity index (χ0) is 12.2. The van der Waals surface area contributed by atoms with E-state index in [4.69, 9.17) is 10.8 Å². The van der Waals surface area contributed by atoms with E-state index in [-0.39, 0.29) is 6.54 Å². The quantitative estimate of drug-likeness (QED) is 0.725. The van der Waals surface area contributed by atoms with Gasteiger partial charge in [0.2, 0.25) is 0 Å². The predicted octanol–water partition coefficient (Wildman–Crippen LogP) is 0.671. The highest BCUT2D eigenvalue weighted by Gasteiger charge is 2.33. The number of alkyl halides is 3. The lowest BCUT2D eigenvalue weighted by Crippen LogP contribution is -2.48. The van der Waals surface area contributed by atoms with Crippen LogP contribution in [0, 0.1) is 0 Å². The van der Waals surface area contributed by atoms with Crippen molar-refractivity contribution >= 4 is 5.97 Å². The second-order valence-corrected chi connectivity index (χ2v) is 3.58. The van der Waals surface area contributed by atoms with E-state index in [1.807, 2.05) is 0 Å². The highest BCUT2D eigenvalue weighted by molar-refractivity contribution is 5.73. The minimum Gasteiger partial charge on any atom is -0.480 e. The maximum Gasteiger partial charge on any atom is 0.401 e. The third-order valence-corrected chi connectivity index (χ3v) is 1.86. The Hall–Kier alpha value is -0.820. The second-order valence-electron chi connectivity index (χ2n) is 3.58. The topological polar surface area (TPSA) is 66.6 Å². The van der Waals surface area contributed by atoms with Gasteiger partial charge in [-0.2, -0.15) is 13.2 Å². The van der Waals surface area contributed by atoms with Crippen molar-refractivity contribution in [3.8, 4) is 0 Å². The van der Waals surface area contributed by atoms with Crippen molar-refractivity contribution in [3.63, 3.8) is 0 Å². The van der Waals surface area contributed by atoms with Gasteiger partial charge in [-0.25, -0.2) is 0 Å². The number of nitrogens with zero attached hydrogens (tertiary/aromatic N) is 1. The second kappa shape index (κ2) is 5.32. The summed E-state index contributed by atoms with van der Waals surface area (Å²) in [6.45, 7) is 1.65. The lowest BCUT2D eigenvalue weighted by atomic mass is 10.2. The monoisotopic (exact) mass is 228 g/mol. The van der Waals surface area contributed by atoms with Crippen LogP contribution in [0.5, 0.6) is 0 Å². The summed E-state index contributed by atoms with van der Waals surface area (Å²) in [5.41, 5.74) is 5.17. The van der Waals surface area contributed by atoms with Gasteiger partial charge < -0.3 is 10.8 Å². The van der Waals surface area contributed by atoms with Gasteiger partial charge in [-0.05, 0) is 13.8 Å². The number of hydrogen-bond acceptors (Lipinski definition) is 3. The Bertz CT molecular complexity index is 218. The Morgan fingerprint density at radius 3 is 2.20 bits per heavy atom. The first-order valence-electron chi connectivity index (χ1n) is 4.42. The Morgan fingerprint density at radius 1 is 1.47 bits per heavy atom. The average Bonchev–Trinajstić information content (AvgIpc) is 1.99. The van der Waals surface area contributed by atoms with Crippen molar-refractivity contribution in [3.05, 3.63) is 0 Å². The molecule has 0 aliphatic heterocycles. The van der Waals surface area contributed by atoms with Crippen LogP contribution in [-0.4, -0.2) is 47.3 Å². The molecule has 0 amide bonds. The predicted molar refractivity (Wildman–Crippen MR) is 48.4 cm³/mol. The van der Waals surface area contributed by atoms with Gasteiger partial charge in [-0.1, -0.05) is 0 Å². The molecular weight excluding hydrogens is 213 g/mol. The molecule has 0 aliphatic carbocycles. The molecule has 0 aromatic carbocycles. The van der Waals surface area contributed by atoms with Crippen molar-refractivity contribution in [2.75, 3.05) is 13.1 Å². The molecule has 0 rings (SSSR count). The van der Waals surface area contributed by atoms with Crippen LogP contribution < -0.4 is 5.73 Å². The van der Waals surface area contributed by atoms with Crippen molar-refractivity contribution in [2.45, 2.75) is 32.1 Å². The fourth-order valence-corrected chi connectivity index (χ4v) is 1.02. The van der Waals surface area contributed by atoms with Gasteiger partial charge in [-0.15, -0.1) is 0 Å². The van der Waals surface area contributed by atoms with Gasteiger partial charge in [0.1, 0.15) is 6.04 Å². The van der Waals surface area contributed by atoms with Crippen LogP contribution in [0.25, 0.3) is 0 Å². The van der Waals surface area contributed by atoms with Gasteiger partial charge in [0.05, 0.1) is 6.54 Å². The fraction of sp³-hybridized carbons (Fsp3) is 0.875. The molecule has 3 N–H and O–H groups in total. The molecule has 1 atom stereocenters. The SMILES string of the molecule is CC(C)N(CC(N)C(=O)O)CC(F)(F)F. The van der Waals surface area contributed by atoms with E-state index < -0.39 is 30.8 Å². The van der Waals surface area contributed by atoms with E-state index in [1.165, 1.54) is 0 Å². The Kier molecular flexibility index (Phi) is 5.02. The van der Waals surface area contributed by atoms with Crippen LogP contribution in [0.3, 0.4) is 0 Å². The minimum atomic E-state index is -4.34. The van der Waals surface area contributed by atoms with Crippen molar-refractivity contribution in [1.29, 1.82) is 0 Å². The smallest absolute Gasteiger partial charge is 0.401 e. The Balaban J connectivity index is 4.35. The van der Waals surface area contributed by atoms with Gasteiger partial charge >= 0.3 is 12.1 Å². The summed E-state index contributed by atoms with van der Waals surface area (Å²) in [7, 11) is 0. The Morgan fingerprint density at radius 2 is 1.93 bits per heavy atom. The number of halogens is 3. The van der Waals surface area contributed by atoms with Crippen LogP contribution in [-0.2, 0) is 4.79 Å². The molecule has 0 fully saturated rings. The van der Waals surface area contributed by atoms with Gasteiger partial charge in [0.15, 0.2) is 0 Å². The van der Waals surface area contributed by atoms with Gasteiger partial charge in [-0.3, -0.25) is 9.69 Å². The number of carboxylic acid groups (broad SMARTS) is 1. The van der Waals surface area contributed by atoms with E-state index >= 15 is 0 Å². The molecule has 0 saturated heterocycles. The molecule has 1 unspecified atom stereocenters. The molecule has 4 nitrogen and oxygen atoms in total. The molecule has 7 heteroatoms. The van der Waals surface area contributed by atoms with Crippen molar-refractivity contribution < 1.29 is 23.1 Å². The van der Waals surface area contributed by atoms with Crippen LogP contribution >= 0.6 is 0 Å². The molecule has 0 saturated carbocycles. The number of carbonyl (C=O) groups is 1. The number of nitrogens with two attached hydrogens (primary N) is 1. The first-order valence-corrected chi connectivity index (χ1v) is 4.42. The molecule has 0 radical (unpaired) electrons. The standard InChI is InChI=1S/C8H15F3N2O2/c1-5(2)13(4-8(9,10)11)3-6(12)7(14)15/h5-6H,3-4,12H2,1-2H3,(H,14,15). The maximum absolute atomic E-state index is 12.1. The van der Waals surface area contributed by atoms with Gasteiger partial charge in [0, 0.05) is 12.6 Å². The summed E-state index contributed by atoms with van der Waals surface area (Å²) in [5, 5.41) is 8.48. The molecule has 0 spiro atoms. The summed E-state index contributed by atoms with van der Waals surface area (Å²) in [6, 6.07) is -1.70. The Labute approximate surface area is 85.8 Å². The molecule has 0 heterocycles. The summed E-state index contributed by atoms with van der Waals surface area (Å²) in [4.78, 5) is 11.4. The normalized spacial score (nSPS) is 14.7. The summed E-state index contributed by atoms with van der Waals surface area (Å²) >= 11 is 0. The number of rotatable bonds is 5. The van der Waals surface area contributed by atoms with E-state index in [9.17, 15) is 18.0 Å². The van der Waals surface area contributed by atoms with Crippen LogP contribution in [0.2, 0.25) is 0 Å². The molecule has 90 valence electrons. The van der Waals surface area contributed by atoms with Gasteiger partial charge in [0.25, 0.3) is 0 Å². The third kappa shape index (κ3) is 6.29. The van der Waals surface area contributed by atoms with E-state index in [0.29, 0.717) is 0 Å². The molecule has 0 aromatic rings. The molecule has 0 bridgehead atoms. The molecule has 0 aliphatic rings. The maximum atomic E-state index is 12.1.